The van der Waals surface area contributed by atoms with Crippen molar-refractivity contribution in [3.05, 3.63) is 88.9 Å². The topological polar surface area (TPSA) is 201 Å². The van der Waals surface area contributed by atoms with Crippen LogP contribution in [0.15, 0.2) is 93.1 Å². The molecule has 1 atom stereocenters. The third-order valence-electron chi connectivity index (χ3n) is 7.77. The number of piperazine rings is 1. The molecule has 1 saturated heterocycles. The maximum absolute atomic E-state index is 13.3. The van der Waals surface area contributed by atoms with Gasteiger partial charge in [-0.3, -0.25) is 19.4 Å². The summed E-state index contributed by atoms with van der Waals surface area (Å²) in [6, 6.07) is 17.3. The van der Waals surface area contributed by atoms with E-state index in [1.54, 1.807) is 29.6 Å². The van der Waals surface area contributed by atoms with Crippen LogP contribution in [0.4, 0.5) is 0 Å². The van der Waals surface area contributed by atoms with Gasteiger partial charge in [-0.15, -0.1) is 11.3 Å². The van der Waals surface area contributed by atoms with Crippen molar-refractivity contribution in [2.45, 2.75) is 35.6 Å². The van der Waals surface area contributed by atoms with Crippen LogP contribution in [0.25, 0.3) is 10.8 Å². The first-order valence-corrected chi connectivity index (χ1v) is 19.0. The molecule has 1 aromatic heterocycles. The second-order valence-corrected chi connectivity index (χ2v) is 15.8. The summed E-state index contributed by atoms with van der Waals surface area (Å²) in [7, 11) is -7.90. The number of carbonyl (C=O) groups is 3. The fourth-order valence-electron chi connectivity index (χ4n) is 5.15. The van der Waals surface area contributed by atoms with Gasteiger partial charge in [0.05, 0.1) is 28.9 Å². The van der Waals surface area contributed by atoms with Crippen molar-refractivity contribution in [3.8, 4) is 0 Å². The SMILES string of the molecule is Cc1ccc(S(=O)(=O)NC(N)=NCCC[C@H](NC(=O)CN2CCN(S(=O)(=O)c3ccc4ccccc4c3)CC2=O)C(=O)c2nccs2)cc1. The largest absolute Gasteiger partial charge is 0.369 e. The van der Waals surface area contributed by atoms with Gasteiger partial charge in [-0.1, -0.05) is 48.0 Å². The van der Waals surface area contributed by atoms with Crippen LogP contribution in [0.5, 0.6) is 0 Å². The molecule has 0 unspecified atom stereocenters. The van der Waals surface area contributed by atoms with Crippen molar-refractivity contribution in [2.75, 3.05) is 32.7 Å². The van der Waals surface area contributed by atoms with E-state index in [1.165, 1.54) is 29.3 Å². The quantitative estimate of drug-likeness (QED) is 0.0797. The van der Waals surface area contributed by atoms with Crippen molar-refractivity contribution in [2.24, 2.45) is 10.7 Å². The van der Waals surface area contributed by atoms with Gasteiger partial charge in [-0.2, -0.15) is 4.31 Å². The van der Waals surface area contributed by atoms with Crippen LogP contribution in [-0.2, 0) is 29.6 Å². The average molecular weight is 726 g/mol. The number of nitrogens with two attached hydrogens (primary N) is 1. The number of amides is 2. The molecule has 2 amide bonds. The monoisotopic (exact) mass is 725 g/mol. The molecule has 0 bridgehead atoms. The van der Waals surface area contributed by atoms with Gasteiger partial charge in [0.1, 0.15) is 0 Å². The Labute approximate surface area is 288 Å². The van der Waals surface area contributed by atoms with E-state index in [0.717, 1.165) is 32.0 Å². The number of ketones is 1. The van der Waals surface area contributed by atoms with Crippen molar-refractivity contribution >= 4 is 65.7 Å². The summed E-state index contributed by atoms with van der Waals surface area (Å²) in [6.07, 6.45) is 1.84. The van der Waals surface area contributed by atoms with E-state index in [4.69, 9.17) is 5.73 Å². The molecule has 1 aliphatic rings. The Balaban J connectivity index is 1.16. The molecular formula is C32H35N7O7S3. The molecule has 49 heavy (non-hydrogen) atoms. The van der Waals surface area contributed by atoms with Crippen molar-refractivity contribution in [1.29, 1.82) is 0 Å². The zero-order valence-corrected chi connectivity index (χ0v) is 28.9. The number of nitrogens with zero attached hydrogens (tertiary/aromatic N) is 4. The molecule has 1 fully saturated rings. The highest BCUT2D eigenvalue weighted by molar-refractivity contribution is 7.90. The summed E-state index contributed by atoms with van der Waals surface area (Å²) in [5, 5.41) is 6.12. The Morgan fingerprint density at radius 2 is 1.71 bits per heavy atom. The van der Waals surface area contributed by atoms with Crippen LogP contribution in [-0.4, -0.2) is 93.3 Å². The highest BCUT2D eigenvalue weighted by Crippen LogP contribution is 2.23. The van der Waals surface area contributed by atoms with Gasteiger partial charge in [0, 0.05) is 31.2 Å². The Kier molecular flexibility index (Phi) is 11.1. The van der Waals surface area contributed by atoms with Crippen LogP contribution in [0.1, 0.15) is 28.2 Å². The summed E-state index contributed by atoms with van der Waals surface area (Å²) in [5.74, 6) is -1.92. The van der Waals surface area contributed by atoms with E-state index < -0.39 is 50.2 Å². The maximum atomic E-state index is 13.3. The van der Waals surface area contributed by atoms with E-state index in [0.29, 0.717) is 0 Å². The minimum Gasteiger partial charge on any atom is -0.369 e. The van der Waals surface area contributed by atoms with Crippen LogP contribution in [0.3, 0.4) is 0 Å². The lowest BCUT2D eigenvalue weighted by molar-refractivity contribution is -0.138. The highest BCUT2D eigenvalue weighted by Gasteiger charge is 2.34. The summed E-state index contributed by atoms with van der Waals surface area (Å²) in [4.78, 5) is 48.7. The van der Waals surface area contributed by atoms with Gasteiger partial charge in [-0.05, 0) is 54.8 Å². The van der Waals surface area contributed by atoms with Gasteiger partial charge < -0.3 is 16.0 Å². The second-order valence-electron chi connectivity index (χ2n) is 11.3. The van der Waals surface area contributed by atoms with Gasteiger partial charge in [0.25, 0.3) is 10.0 Å². The Bertz CT molecular complexity index is 2090. The lowest BCUT2D eigenvalue weighted by atomic mass is 10.1. The van der Waals surface area contributed by atoms with Crippen molar-refractivity contribution in [1.82, 2.24) is 24.2 Å². The summed E-state index contributed by atoms with van der Waals surface area (Å²) in [6.45, 7) is 1.04. The molecule has 2 heterocycles. The lowest BCUT2D eigenvalue weighted by Gasteiger charge is -2.33. The normalized spacial score (nSPS) is 15.2. The molecule has 1 aliphatic heterocycles. The molecule has 4 aromatic rings. The molecule has 0 aliphatic carbocycles. The zero-order valence-electron chi connectivity index (χ0n) is 26.5. The van der Waals surface area contributed by atoms with Crippen LogP contribution in [0.2, 0.25) is 0 Å². The van der Waals surface area contributed by atoms with E-state index in [-0.39, 0.29) is 59.8 Å². The molecule has 258 valence electrons. The number of Topliss-reactive ketones (excluding diaryl/α,β-unsaturated/α-hetero) is 1. The number of sulfonamides is 2. The molecule has 0 saturated carbocycles. The van der Waals surface area contributed by atoms with E-state index in [1.807, 2.05) is 31.2 Å². The molecular weight excluding hydrogens is 691 g/mol. The maximum Gasteiger partial charge on any atom is 0.264 e. The second kappa shape index (κ2) is 15.2. The number of rotatable bonds is 13. The van der Waals surface area contributed by atoms with Crippen LogP contribution < -0.4 is 15.8 Å². The first kappa shape index (κ1) is 35.6. The third kappa shape index (κ3) is 8.86. The number of thiazole rings is 1. The molecule has 0 radical (unpaired) electrons. The third-order valence-corrected chi connectivity index (χ3v) is 11.8. The number of guanidine groups is 1. The standard InChI is InChI=1S/C32H35N7O7S3/c1-22-8-11-25(12-9-22)48(43,44)37-32(33)35-14-4-7-27(30(42)31-34-15-18-47-31)36-28(40)20-38-16-17-39(21-29(38)41)49(45,46)26-13-10-23-5-2-3-6-24(23)19-26/h2-3,5-6,8-13,15,18-19,27H,4,7,14,16-17,20-21H2,1H3,(H,36,40)(H3,33,35,37)/t27-/m0/s1. The molecule has 0 spiro atoms. The number of aromatic nitrogens is 1. The fourth-order valence-corrected chi connectivity index (χ4v) is 8.15. The van der Waals surface area contributed by atoms with Gasteiger partial charge in [-0.25, -0.2) is 26.5 Å². The number of hydrogen-bond acceptors (Lipinski definition) is 10. The molecule has 14 nitrogen and oxygen atoms in total. The van der Waals surface area contributed by atoms with Crippen LogP contribution in [0, 0.1) is 6.92 Å². The predicted molar refractivity (Wildman–Crippen MR) is 185 cm³/mol. The summed E-state index contributed by atoms with van der Waals surface area (Å²) < 4.78 is 55.1. The minimum atomic E-state index is -3.96. The number of nitrogens with one attached hydrogen (secondary N) is 2. The van der Waals surface area contributed by atoms with Gasteiger partial charge in [0.2, 0.25) is 33.6 Å². The smallest absolute Gasteiger partial charge is 0.264 e. The van der Waals surface area contributed by atoms with E-state index in [2.05, 4.69) is 20.0 Å². The van der Waals surface area contributed by atoms with Crippen molar-refractivity contribution in [3.63, 3.8) is 0 Å². The molecule has 5 rings (SSSR count). The molecule has 4 N–H and O–H groups in total. The minimum absolute atomic E-state index is 0.0112. The first-order chi connectivity index (χ1) is 23.3. The summed E-state index contributed by atoms with van der Waals surface area (Å²) in [5.41, 5.74) is 6.70. The molecule has 3 aromatic carbocycles. The number of aliphatic imine (C=N–C) groups is 1. The Morgan fingerprint density at radius 1 is 1.00 bits per heavy atom. The number of carbonyl (C=O) groups excluding carboxylic acids is 3. The fraction of sp³-hybridized carbons (Fsp3) is 0.281. The van der Waals surface area contributed by atoms with Gasteiger partial charge >= 0.3 is 0 Å². The van der Waals surface area contributed by atoms with Crippen LogP contribution >= 0.6 is 11.3 Å². The number of benzene rings is 3. The van der Waals surface area contributed by atoms with E-state index in [9.17, 15) is 31.2 Å². The lowest BCUT2D eigenvalue weighted by Crippen LogP contribution is -2.55. The zero-order chi connectivity index (χ0) is 35.2. The number of aryl methyl sites for hydroxylation is 1. The Morgan fingerprint density at radius 3 is 2.41 bits per heavy atom. The number of fused-ring (bicyclic) bond motifs is 1. The van der Waals surface area contributed by atoms with Gasteiger partial charge in [0.15, 0.2) is 5.01 Å². The average Bonchev–Trinajstić information content (AvgIpc) is 3.62. The van der Waals surface area contributed by atoms with E-state index >= 15 is 0 Å². The predicted octanol–water partition coefficient (Wildman–Crippen LogP) is 1.88. The number of hydrogen-bond donors (Lipinski definition) is 3. The molecule has 17 heteroatoms. The first-order valence-electron chi connectivity index (χ1n) is 15.2. The summed E-state index contributed by atoms with van der Waals surface area (Å²) >= 11 is 1.11. The highest BCUT2D eigenvalue weighted by atomic mass is 32.2. The Hall–Kier alpha value is -4.71. The van der Waals surface area contributed by atoms with Crippen molar-refractivity contribution < 1.29 is 31.2 Å².